The molecule has 1 rings (SSSR count). The van der Waals surface area contributed by atoms with Crippen molar-refractivity contribution < 1.29 is 43.2 Å². The van der Waals surface area contributed by atoms with Gasteiger partial charge >= 0.3 is 24.1 Å². The standard InChI is InChI=1S/C25H37NO9/c1-7-9-20(27)34-18-12-11-17(13-19(18)35-21(28)10-8-2)22(23(26)24(29)30)15(5)16(6)33-25(31)32-14(3)4/h11-16,22-23H,7-10,26H2,1-6H3,(H,29,30)/t15?,16?,22?,23-/m0/s1. The van der Waals surface area contributed by atoms with E-state index in [4.69, 9.17) is 24.7 Å². The molecule has 3 N–H and O–H groups in total. The van der Waals surface area contributed by atoms with E-state index < -0.39 is 48.0 Å². The van der Waals surface area contributed by atoms with Crippen molar-refractivity contribution in [1.82, 2.24) is 0 Å². The van der Waals surface area contributed by atoms with Gasteiger partial charge < -0.3 is 29.8 Å². The van der Waals surface area contributed by atoms with E-state index in [1.165, 1.54) is 12.1 Å². The third-order valence-electron chi connectivity index (χ3n) is 5.30. The maximum absolute atomic E-state index is 12.2. The van der Waals surface area contributed by atoms with Crippen molar-refractivity contribution in [3.63, 3.8) is 0 Å². The molecule has 0 amide bonds. The zero-order valence-electron chi connectivity index (χ0n) is 21.2. The number of carboxylic acid groups (broad SMARTS) is 1. The second-order valence-electron chi connectivity index (χ2n) is 8.64. The summed E-state index contributed by atoms with van der Waals surface area (Å²) in [5.74, 6) is -3.69. The summed E-state index contributed by atoms with van der Waals surface area (Å²) in [6.45, 7) is 10.3. The van der Waals surface area contributed by atoms with E-state index in [-0.39, 0.29) is 30.4 Å². The first-order valence-corrected chi connectivity index (χ1v) is 11.8. The first-order chi connectivity index (χ1) is 16.4. The van der Waals surface area contributed by atoms with Gasteiger partial charge in [-0.25, -0.2) is 4.79 Å². The van der Waals surface area contributed by atoms with Crippen LogP contribution >= 0.6 is 0 Å². The minimum absolute atomic E-state index is 0.0204. The smallest absolute Gasteiger partial charge is 0.480 e. The van der Waals surface area contributed by atoms with Gasteiger partial charge in [-0.3, -0.25) is 14.4 Å². The van der Waals surface area contributed by atoms with Gasteiger partial charge in [0.1, 0.15) is 12.1 Å². The zero-order valence-corrected chi connectivity index (χ0v) is 21.2. The summed E-state index contributed by atoms with van der Waals surface area (Å²) in [4.78, 5) is 48.0. The summed E-state index contributed by atoms with van der Waals surface area (Å²) >= 11 is 0. The highest BCUT2D eigenvalue weighted by Gasteiger charge is 2.36. The van der Waals surface area contributed by atoms with Crippen LogP contribution in [-0.4, -0.2) is 47.4 Å². The largest absolute Gasteiger partial charge is 0.508 e. The van der Waals surface area contributed by atoms with E-state index >= 15 is 0 Å². The van der Waals surface area contributed by atoms with Crippen LogP contribution < -0.4 is 15.2 Å². The maximum Gasteiger partial charge on any atom is 0.508 e. The summed E-state index contributed by atoms with van der Waals surface area (Å²) in [7, 11) is 0. The number of esters is 2. The van der Waals surface area contributed by atoms with Crippen LogP contribution in [0.15, 0.2) is 18.2 Å². The normalized spacial score (nSPS) is 14.4. The molecule has 35 heavy (non-hydrogen) atoms. The molecule has 0 heterocycles. The predicted octanol–water partition coefficient (Wildman–Crippen LogP) is 4.18. The first kappa shape index (κ1) is 29.9. The summed E-state index contributed by atoms with van der Waals surface area (Å²) in [5.41, 5.74) is 6.45. The quantitative estimate of drug-likeness (QED) is 0.301. The van der Waals surface area contributed by atoms with Crippen LogP contribution in [0.1, 0.15) is 78.7 Å². The fourth-order valence-electron chi connectivity index (χ4n) is 3.41. The average Bonchev–Trinajstić information content (AvgIpc) is 2.74. The Hall–Kier alpha value is -3.14. The highest BCUT2D eigenvalue weighted by atomic mass is 16.7. The third-order valence-corrected chi connectivity index (χ3v) is 5.30. The number of carbonyl (C=O) groups excluding carboxylic acids is 3. The fraction of sp³-hybridized carbons (Fsp3) is 0.600. The Balaban J connectivity index is 3.39. The Morgan fingerprint density at radius 1 is 0.886 bits per heavy atom. The molecule has 0 radical (unpaired) electrons. The molecule has 10 nitrogen and oxygen atoms in total. The van der Waals surface area contributed by atoms with E-state index in [2.05, 4.69) is 0 Å². The van der Waals surface area contributed by atoms with Gasteiger partial charge in [0, 0.05) is 24.7 Å². The van der Waals surface area contributed by atoms with Gasteiger partial charge in [-0.15, -0.1) is 0 Å². The predicted molar refractivity (Wildman–Crippen MR) is 127 cm³/mol. The van der Waals surface area contributed by atoms with Gasteiger partial charge in [0.25, 0.3) is 0 Å². The molecule has 0 aliphatic heterocycles. The van der Waals surface area contributed by atoms with Gasteiger partial charge in [-0.05, 0) is 51.3 Å². The van der Waals surface area contributed by atoms with Crippen molar-refractivity contribution in [3.8, 4) is 11.5 Å². The highest BCUT2D eigenvalue weighted by molar-refractivity contribution is 5.77. The molecular weight excluding hydrogens is 458 g/mol. The number of nitrogens with two attached hydrogens (primary N) is 1. The van der Waals surface area contributed by atoms with E-state index in [0.29, 0.717) is 18.4 Å². The number of aliphatic carboxylic acids is 1. The molecule has 0 aliphatic carbocycles. The zero-order chi connectivity index (χ0) is 26.7. The maximum atomic E-state index is 12.2. The monoisotopic (exact) mass is 495 g/mol. The lowest BCUT2D eigenvalue weighted by Crippen LogP contribution is -2.42. The van der Waals surface area contributed by atoms with Gasteiger partial charge in [-0.2, -0.15) is 0 Å². The molecule has 0 bridgehead atoms. The van der Waals surface area contributed by atoms with Gasteiger partial charge in [0.2, 0.25) is 0 Å². The molecule has 1 aromatic carbocycles. The lowest BCUT2D eigenvalue weighted by Gasteiger charge is -2.31. The number of carboxylic acids is 1. The number of rotatable bonds is 13. The average molecular weight is 496 g/mol. The van der Waals surface area contributed by atoms with Crippen LogP contribution in [0.4, 0.5) is 4.79 Å². The Kier molecular flexibility index (Phi) is 12.2. The molecule has 0 saturated carbocycles. The van der Waals surface area contributed by atoms with E-state index in [1.54, 1.807) is 33.8 Å². The molecular formula is C25H37NO9. The van der Waals surface area contributed by atoms with Gasteiger partial charge in [0.15, 0.2) is 11.5 Å². The van der Waals surface area contributed by atoms with Crippen LogP contribution in [0.25, 0.3) is 0 Å². The lowest BCUT2D eigenvalue weighted by molar-refractivity contribution is -0.140. The molecule has 0 saturated heterocycles. The number of hydrogen-bond acceptors (Lipinski definition) is 9. The topological polar surface area (TPSA) is 151 Å². The fourth-order valence-corrected chi connectivity index (χ4v) is 3.41. The van der Waals surface area contributed by atoms with Crippen LogP contribution in [0.2, 0.25) is 0 Å². The Bertz CT molecular complexity index is 884. The number of carbonyl (C=O) groups is 4. The van der Waals surface area contributed by atoms with Crippen molar-refractivity contribution in [1.29, 1.82) is 0 Å². The summed E-state index contributed by atoms with van der Waals surface area (Å²) in [5, 5.41) is 9.65. The van der Waals surface area contributed by atoms with Gasteiger partial charge in [0.05, 0.1) is 6.10 Å². The lowest BCUT2D eigenvalue weighted by atomic mass is 9.79. The third kappa shape index (κ3) is 9.56. The minimum atomic E-state index is -1.37. The molecule has 4 atom stereocenters. The molecule has 0 aliphatic rings. The van der Waals surface area contributed by atoms with Gasteiger partial charge in [-0.1, -0.05) is 26.8 Å². The molecule has 196 valence electrons. The van der Waals surface area contributed by atoms with Crippen molar-refractivity contribution >= 4 is 24.1 Å². The number of hydrogen-bond donors (Lipinski definition) is 2. The second-order valence-corrected chi connectivity index (χ2v) is 8.64. The molecule has 1 aromatic rings. The Labute approximate surface area is 206 Å². The molecule has 10 heteroatoms. The minimum Gasteiger partial charge on any atom is -0.480 e. The van der Waals surface area contributed by atoms with Crippen LogP contribution in [0, 0.1) is 5.92 Å². The SMILES string of the molecule is CCCC(=O)Oc1ccc(C(C(C)C(C)OC(=O)OC(C)C)[C@H](N)C(=O)O)cc1OC(=O)CCC. The summed E-state index contributed by atoms with van der Waals surface area (Å²) < 4.78 is 21.1. The molecule has 0 spiro atoms. The first-order valence-electron chi connectivity index (χ1n) is 11.8. The Morgan fingerprint density at radius 3 is 1.91 bits per heavy atom. The van der Waals surface area contributed by atoms with Crippen LogP contribution in [0.5, 0.6) is 11.5 Å². The molecule has 0 fully saturated rings. The van der Waals surface area contributed by atoms with Crippen molar-refractivity contribution in [2.24, 2.45) is 11.7 Å². The van der Waals surface area contributed by atoms with Crippen LogP contribution in [0.3, 0.4) is 0 Å². The summed E-state index contributed by atoms with van der Waals surface area (Å²) in [6, 6.07) is 3.05. The van der Waals surface area contributed by atoms with Crippen molar-refractivity contribution in [2.75, 3.05) is 0 Å². The van der Waals surface area contributed by atoms with E-state index in [0.717, 1.165) is 0 Å². The second kappa shape index (κ2) is 14.3. The van der Waals surface area contributed by atoms with Crippen molar-refractivity contribution in [2.45, 2.75) is 91.4 Å². The van der Waals surface area contributed by atoms with Crippen molar-refractivity contribution in [3.05, 3.63) is 23.8 Å². The Morgan fingerprint density at radius 2 is 1.43 bits per heavy atom. The number of ether oxygens (including phenoxy) is 4. The molecule has 0 aromatic heterocycles. The summed E-state index contributed by atoms with van der Waals surface area (Å²) in [6.07, 6.45) is -0.580. The van der Waals surface area contributed by atoms with E-state index in [9.17, 15) is 24.3 Å². The molecule has 3 unspecified atom stereocenters. The van der Waals surface area contributed by atoms with E-state index in [1.807, 2.05) is 13.8 Å². The highest BCUT2D eigenvalue weighted by Crippen LogP contribution is 2.37. The number of benzene rings is 1. The van der Waals surface area contributed by atoms with Crippen LogP contribution in [-0.2, 0) is 23.9 Å².